The summed E-state index contributed by atoms with van der Waals surface area (Å²) in [7, 11) is -3.76. The van der Waals surface area contributed by atoms with Crippen molar-refractivity contribution < 1.29 is 17.9 Å². The smallest absolute Gasteiger partial charge is 0.241 e. The Labute approximate surface area is 162 Å². The van der Waals surface area contributed by atoms with Crippen molar-refractivity contribution in [3.63, 3.8) is 0 Å². The zero-order valence-electron chi connectivity index (χ0n) is 14.5. The molecule has 4 rings (SSSR count). The Kier molecular flexibility index (Phi) is 5.15. The SMILES string of the molecule is O=S(=O)(NC(c1ccccc1)c1cccs1)c1ccc2c(c1)OCCCO2. The van der Waals surface area contributed by atoms with Crippen molar-refractivity contribution in [2.24, 2.45) is 0 Å². The summed E-state index contributed by atoms with van der Waals surface area (Å²) in [6.45, 7) is 1.07. The first-order chi connectivity index (χ1) is 13.1. The number of benzene rings is 2. The molecule has 1 N–H and O–H groups in total. The van der Waals surface area contributed by atoms with Crippen LogP contribution in [0.5, 0.6) is 11.5 Å². The number of thiophene rings is 1. The lowest BCUT2D eigenvalue weighted by molar-refractivity contribution is 0.297. The van der Waals surface area contributed by atoms with Crippen LogP contribution in [0.25, 0.3) is 0 Å². The maximum absolute atomic E-state index is 13.1. The van der Waals surface area contributed by atoms with Gasteiger partial charge in [0.25, 0.3) is 0 Å². The van der Waals surface area contributed by atoms with Crippen molar-refractivity contribution in [2.45, 2.75) is 17.4 Å². The summed E-state index contributed by atoms with van der Waals surface area (Å²) in [4.78, 5) is 1.09. The van der Waals surface area contributed by atoms with Crippen molar-refractivity contribution in [3.8, 4) is 11.5 Å². The van der Waals surface area contributed by atoms with Crippen molar-refractivity contribution in [3.05, 3.63) is 76.5 Å². The average Bonchev–Trinajstić information content (AvgIpc) is 3.11. The third-order valence-electron chi connectivity index (χ3n) is 4.26. The molecule has 7 heteroatoms. The first kappa shape index (κ1) is 18.0. The quantitative estimate of drug-likeness (QED) is 0.702. The number of sulfonamides is 1. The highest BCUT2D eigenvalue weighted by Crippen LogP contribution is 2.33. The number of ether oxygens (including phenoxy) is 2. The van der Waals surface area contributed by atoms with Gasteiger partial charge in [0.05, 0.1) is 24.2 Å². The second-order valence-corrected chi connectivity index (χ2v) is 8.83. The fourth-order valence-corrected chi connectivity index (χ4v) is 5.02. The lowest BCUT2D eigenvalue weighted by atomic mass is 10.1. The van der Waals surface area contributed by atoms with Crippen LogP contribution >= 0.6 is 11.3 Å². The number of fused-ring (bicyclic) bond motifs is 1. The molecule has 3 aromatic rings. The second-order valence-electron chi connectivity index (χ2n) is 6.14. The number of hydrogen-bond acceptors (Lipinski definition) is 5. The lowest BCUT2D eigenvalue weighted by Crippen LogP contribution is -2.29. The van der Waals surface area contributed by atoms with E-state index in [-0.39, 0.29) is 4.90 Å². The molecule has 1 atom stereocenters. The van der Waals surface area contributed by atoms with E-state index in [1.165, 1.54) is 17.4 Å². The average molecular weight is 402 g/mol. The van der Waals surface area contributed by atoms with Crippen LogP contribution in [0, 0.1) is 0 Å². The van der Waals surface area contributed by atoms with E-state index in [1.54, 1.807) is 12.1 Å². The maximum Gasteiger partial charge on any atom is 0.241 e. The topological polar surface area (TPSA) is 64.6 Å². The number of nitrogens with one attached hydrogen (secondary N) is 1. The molecule has 0 aliphatic carbocycles. The van der Waals surface area contributed by atoms with Crippen molar-refractivity contribution in [1.29, 1.82) is 0 Å². The molecule has 1 aromatic heterocycles. The summed E-state index contributed by atoms with van der Waals surface area (Å²) in [5.74, 6) is 1.03. The molecular weight excluding hydrogens is 382 g/mol. The Morgan fingerprint density at radius 3 is 2.44 bits per heavy atom. The van der Waals surface area contributed by atoms with Crippen molar-refractivity contribution in [2.75, 3.05) is 13.2 Å². The largest absolute Gasteiger partial charge is 0.490 e. The molecule has 0 bridgehead atoms. The first-order valence-electron chi connectivity index (χ1n) is 8.64. The van der Waals surface area contributed by atoms with Gasteiger partial charge in [-0.2, -0.15) is 4.72 Å². The fourth-order valence-electron chi connectivity index (χ4n) is 2.93. The van der Waals surface area contributed by atoms with Gasteiger partial charge in [-0.3, -0.25) is 0 Å². The molecule has 0 spiro atoms. The Hall–Kier alpha value is -2.35. The minimum atomic E-state index is -3.76. The minimum Gasteiger partial charge on any atom is -0.490 e. The monoisotopic (exact) mass is 401 g/mol. The van der Waals surface area contributed by atoms with Gasteiger partial charge >= 0.3 is 0 Å². The molecule has 27 heavy (non-hydrogen) atoms. The van der Waals surface area contributed by atoms with Crippen LogP contribution in [-0.2, 0) is 10.0 Å². The van der Waals surface area contributed by atoms with Gasteiger partial charge in [-0.25, -0.2) is 8.42 Å². The molecule has 1 aliphatic rings. The summed E-state index contributed by atoms with van der Waals surface area (Å²) in [6.07, 6.45) is 0.767. The number of rotatable bonds is 5. The van der Waals surface area contributed by atoms with Crippen LogP contribution in [0.15, 0.2) is 70.9 Å². The van der Waals surface area contributed by atoms with Gasteiger partial charge in [0.1, 0.15) is 0 Å². The maximum atomic E-state index is 13.1. The first-order valence-corrected chi connectivity index (χ1v) is 11.0. The van der Waals surface area contributed by atoms with E-state index in [0.29, 0.717) is 24.7 Å². The van der Waals surface area contributed by atoms with Crippen LogP contribution in [0.3, 0.4) is 0 Å². The van der Waals surface area contributed by atoms with E-state index in [4.69, 9.17) is 9.47 Å². The zero-order valence-corrected chi connectivity index (χ0v) is 16.1. The Morgan fingerprint density at radius 1 is 0.926 bits per heavy atom. The molecule has 2 aromatic carbocycles. The molecule has 0 amide bonds. The Balaban J connectivity index is 1.68. The molecule has 0 saturated carbocycles. The van der Waals surface area contributed by atoms with E-state index in [0.717, 1.165) is 16.9 Å². The molecule has 0 saturated heterocycles. The molecule has 140 valence electrons. The van der Waals surface area contributed by atoms with Gasteiger partial charge in [-0.15, -0.1) is 11.3 Å². The van der Waals surface area contributed by atoms with Crippen LogP contribution in [0.2, 0.25) is 0 Å². The zero-order chi connectivity index (χ0) is 18.7. The van der Waals surface area contributed by atoms with E-state index in [1.807, 2.05) is 47.8 Å². The molecule has 0 fully saturated rings. The van der Waals surface area contributed by atoms with Crippen molar-refractivity contribution in [1.82, 2.24) is 4.72 Å². The van der Waals surface area contributed by atoms with Gasteiger partial charge in [0.2, 0.25) is 10.0 Å². The number of hydrogen-bond donors (Lipinski definition) is 1. The summed E-state index contributed by atoms with van der Waals surface area (Å²) in [6, 6.07) is 17.7. The fraction of sp³-hybridized carbons (Fsp3) is 0.200. The third-order valence-corrected chi connectivity index (χ3v) is 6.62. The van der Waals surface area contributed by atoms with Gasteiger partial charge in [0, 0.05) is 17.4 Å². The highest BCUT2D eigenvalue weighted by atomic mass is 32.2. The highest BCUT2D eigenvalue weighted by Gasteiger charge is 2.25. The standard InChI is InChI=1S/C20H19NO4S2/c22-27(23,16-9-10-17-18(14-16)25-12-5-11-24-17)21-20(19-8-4-13-26-19)15-6-2-1-3-7-15/h1-4,6-10,13-14,20-21H,5,11-12H2. The van der Waals surface area contributed by atoms with Gasteiger partial charge < -0.3 is 9.47 Å². The Morgan fingerprint density at radius 2 is 1.70 bits per heavy atom. The van der Waals surface area contributed by atoms with E-state index in [9.17, 15) is 8.42 Å². The third kappa shape index (κ3) is 4.00. The van der Waals surface area contributed by atoms with E-state index in [2.05, 4.69) is 4.72 Å². The predicted molar refractivity (Wildman–Crippen MR) is 105 cm³/mol. The lowest BCUT2D eigenvalue weighted by Gasteiger charge is -2.19. The molecule has 0 radical (unpaired) electrons. The van der Waals surface area contributed by atoms with Crippen LogP contribution in [0.1, 0.15) is 22.9 Å². The van der Waals surface area contributed by atoms with Gasteiger partial charge in [-0.1, -0.05) is 36.4 Å². The molecule has 2 heterocycles. The van der Waals surface area contributed by atoms with Crippen LogP contribution in [-0.4, -0.2) is 21.6 Å². The van der Waals surface area contributed by atoms with Gasteiger partial charge in [0.15, 0.2) is 11.5 Å². The summed E-state index contributed by atoms with van der Waals surface area (Å²) in [5.41, 5.74) is 0.887. The van der Waals surface area contributed by atoms with Crippen molar-refractivity contribution >= 4 is 21.4 Å². The van der Waals surface area contributed by atoms with E-state index < -0.39 is 16.1 Å². The summed E-state index contributed by atoms with van der Waals surface area (Å²) < 4.78 is 40.2. The summed E-state index contributed by atoms with van der Waals surface area (Å²) >= 11 is 1.52. The Bertz CT molecular complexity index is 1000. The molecule has 5 nitrogen and oxygen atoms in total. The molecule has 1 unspecified atom stereocenters. The minimum absolute atomic E-state index is 0.157. The van der Waals surface area contributed by atoms with Crippen LogP contribution in [0.4, 0.5) is 0 Å². The summed E-state index contributed by atoms with van der Waals surface area (Å²) in [5, 5.41) is 1.94. The van der Waals surface area contributed by atoms with Gasteiger partial charge in [-0.05, 0) is 29.1 Å². The molecule has 1 aliphatic heterocycles. The normalized spacial score (nSPS) is 15.1. The van der Waals surface area contributed by atoms with E-state index >= 15 is 0 Å². The van der Waals surface area contributed by atoms with Crippen LogP contribution < -0.4 is 14.2 Å². The predicted octanol–water partition coefficient (Wildman–Crippen LogP) is 3.98. The molecular formula is C20H19NO4S2. The second kappa shape index (κ2) is 7.72. The highest BCUT2D eigenvalue weighted by molar-refractivity contribution is 7.89.